The smallest absolute Gasteiger partial charge is 0.220 e. The van der Waals surface area contributed by atoms with Crippen molar-refractivity contribution in [3.8, 4) is 23.7 Å². The molecule has 0 unspecified atom stereocenters. The average molecular weight is 613 g/mol. The molecule has 0 aliphatic rings. The fourth-order valence-electron chi connectivity index (χ4n) is 5.45. The van der Waals surface area contributed by atoms with Crippen LogP contribution >= 0.6 is 0 Å². The highest BCUT2D eigenvalue weighted by Gasteiger charge is 2.01. The van der Waals surface area contributed by atoms with E-state index < -0.39 is 0 Å². The van der Waals surface area contributed by atoms with Gasteiger partial charge in [0, 0.05) is 38.8 Å². The first kappa shape index (κ1) is 42.1. The van der Waals surface area contributed by atoms with Gasteiger partial charge in [-0.05, 0) is 37.5 Å². The molecule has 0 aliphatic carbocycles. The Morgan fingerprint density at radius 2 is 0.659 bits per heavy atom. The zero-order valence-electron chi connectivity index (χ0n) is 29.4. The van der Waals surface area contributed by atoms with Crippen molar-refractivity contribution in [2.75, 3.05) is 13.1 Å². The number of amides is 2. The minimum Gasteiger partial charge on any atom is -0.356 e. The summed E-state index contributed by atoms with van der Waals surface area (Å²) >= 11 is 0. The predicted molar refractivity (Wildman–Crippen MR) is 191 cm³/mol. The van der Waals surface area contributed by atoms with E-state index in [4.69, 9.17) is 0 Å². The molecule has 0 heterocycles. The average Bonchev–Trinajstić information content (AvgIpc) is 3.02. The predicted octanol–water partition coefficient (Wildman–Crippen LogP) is 11.0. The van der Waals surface area contributed by atoms with Crippen LogP contribution in [0.15, 0.2) is 0 Å². The molecule has 0 atom stereocenters. The van der Waals surface area contributed by atoms with Crippen LogP contribution in [0, 0.1) is 23.7 Å². The normalized spacial score (nSPS) is 10.5. The van der Waals surface area contributed by atoms with Crippen LogP contribution in [0.25, 0.3) is 0 Å². The van der Waals surface area contributed by atoms with Crippen molar-refractivity contribution < 1.29 is 9.59 Å². The molecule has 4 nitrogen and oxygen atoms in total. The van der Waals surface area contributed by atoms with E-state index in [0.29, 0.717) is 25.7 Å². The van der Waals surface area contributed by atoms with Crippen LogP contribution in [0.2, 0.25) is 0 Å². The van der Waals surface area contributed by atoms with Crippen LogP contribution in [-0.4, -0.2) is 24.9 Å². The Bertz CT molecular complexity index is 691. The first-order valence-electron chi connectivity index (χ1n) is 19.2. The van der Waals surface area contributed by atoms with E-state index in [1.165, 1.54) is 141 Å². The quantitative estimate of drug-likeness (QED) is 0.0586. The second-order valence-corrected chi connectivity index (χ2v) is 12.8. The van der Waals surface area contributed by atoms with E-state index in [1.807, 2.05) is 0 Å². The maximum atomic E-state index is 12.0. The fraction of sp³-hybridized carbons (Fsp3) is 0.850. The Morgan fingerprint density at radius 3 is 0.955 bits per heavy atom. The Kier molecular flexibility index (Phi) is 35.6. The molecule has 254 valence electrons. The second kappa shape index (κ2) is 37.2. The lowest BCUT2D eigenvalue weighted by molar-refractivity contribution is -0.122. The van der Waals surface area contributed by atoms with Gasteiger partial charge in [-0.25, -0.2) is 0 Å². The van der Waals surface area contributed by atoms with Crippen LogP contribution in [0.5, 0.6) is 0 Å². The minimum absolute atomic E-state index is 0.137. The van der Waals surface area contributed by atoms with E-state index in [9.17, 15) is 9.59 Å². The molecule has 0 aromatic heterocycles. The highest BCUT2D eigenvalue weighted by atomic mass is 16.2. The first-order chi connectivity index (χ1) is 21.7. The van der Waals surface area contributed by atoms with Crippen molar-refractivity contribution >= 4 is 11.8 Å². The number of unbranched alkanes of at least 4 members (excludes halogenated alkanes) is 24. The number of carbonyl (C=O) groups is 2. The highest BCUT2D eigenvalue weighted by Crippen LogP contribution is 2.13. The van der Waals surface area contributed by atoms with Crippen molar-refractivity contribution in [2.45, 2.75) is 206 Å². The largest absolute Gasteiger partial charge is 0.356 e. The zero-order valence-corrected chi connectivity index (χ0v) is 29.4. The van der Waals surface area contributed by atoms with Crippen LogP contribution in [-0.2, 0) is 9.59 Å². The van der Waals surface area contributed by atoms with Gasteiger partial charge in [-0.2, -0.15) is 0 Å². The fourth-order valence-corrected chi connectivity index (χ4v) is 5.45. The first-order valence-corrected chi connectivity index (χ1v) is 19.2. The summed E-state index contributed by atoms with van der Waals surface area (Å²) in [5.41, 5.74) is 0. The van der Waals surface area contributed by atoms with Gasteiger partial charge < -0.3 is 10.6 Å². The molecular weight excluding hydrogens is 540 g/mol. The summed E-state index contributed by atoms with van der Waals surface area (Å²) in [6.07, 6.45) is 36.0. The maximum Gasteiger partial charge on any atom is 0.220 e. The van der Waals surface area contributed by atoms with Crippen molar-refractivity contribution in [1.82, 2.24) is 10.6 Å². The van der Waals surface area contributed by atoms with Gasteiger partial charge in [0.05, 0.1) is 0 Å². The Morgan fingerprint density at radius 1 is 0.386 bits per heavy atom. The molecule has 0 aromatic rings. The Hall–Kier alpha value is -1.94. The standard InChI is InChI=1S/C40H72N2O2/c1-3-5-7-9-11-13-15-17-21-25-29-33-37-41-39(43)35-31-27-23-19-20-24-28-32-36-40(44)42-38-34-30-26-22-18-16-14-12-10-8-6-4-2/h3-18,21-22,25-38H2,1-2H3,(H,41,43)(H,42,44). The SMILES string of the molecule is CCCCCCCCCCCCCCNC(=O)CCCC#CC#CCCCC(=O)NCCCCCCCCCCCCCC. The van der Waals surface area contributed by atoms with Crippen molar-refractivity contribution in [3.63, 3.8) is 0 Å². The molecule has 44 heavy (non-hydrogen) atoms. The van der Waals surface area contributed by atoms with Crippen molar-refractivity contribution in [1.29, 1.82) is 0 Å². The van der Waals surface area contributed by atoms with Gasteiger partial charge in [-0.15, -0.1) is 0 Å². The van der Waals surface area contributed by atoms with Gasteiger partial charge in [-0.1, -0.05) is 167 Å². The molecule has 0 aromatic carbocycles. The third kappa shape index (κ3) is 36.3. The monoisotopic (exact) mass is 613 g/mol. The number of carbonyl (C=O) groups excluding carboxylic acids is 2. The summed E-state index contributed by atoms with van der Waals surface area (Å²) in [5.74, 6) is 12.1. The summed E-state index contributed by atoms with van der Waals surface area (Å²) in [5, 5.41) is 6.08. The molecule has 0 saturated heterocycles. The van der Waals surface area contributed by atoms with E-state index in [1.54, 1.807) is 0 Å². The second-order valence-electron chi connectivity index (χ2n) is 12.8. The molecular formula is C40H72N2O2. The van der Waals surface area contributed by atoms with Crippen LogP contribution < -0.4 is 10.6 Å². The highest BCUT2D eigenvalue weighted by molar-refractivity contribution is 5.76. The third-order valence-corrected chi connectivity index (χ3v) is 8.36. The summed E-state index contributed by atoms with van der Waals surface area (Å²) in [6, 6.07) is 0. The molecule has 0 aliphatic heterocycles. The lowest BCUT2D eigenvalue weighted by atomic mass is 10.1. The minimum atomic E-state index is 0.137. The number of nitrogens with one attached hydrogen (secondary N) is 2. The van der Waals surface area contributed by atoms with Crippen LogP contribution in [0.1, 0.15) is 206 Å². The summed E-state index contributed by atoms with van der Waals surface area (Å²) in [7, 11) is 0. The third-order valence-electron chi connectivity index (χ3n) is 8.36. The lowest BCUT2D eigenvalue weighted by Gasteiger charge is -2.05. The van der Waals surface area contributed by atoms with Gasteiger partial charge in [0.1, 0.15) is 0 Å². The Balaban J connectivity index is 3.41. The summed E-state index contributed by atoms with van der Waals surface area (Å²) < 4.78 is 0. The number of hydrogen-bond donors (Lipinski definition) is 2. The summed E-state index contributed by atoms with van der Waals surface area (Å²) in [6.45, 7) is 6.14. The Labute approximate surface area is 274 Å². The molecule has 0 saturated carbocycles. The van der Waals surface area contributed by atoms with E-state index in [2.05, 4.69) is 48.2 Å². The maximum absolute atomic E-state index is 12.0. The lowest BCUT2D eigenvalue weighted by Crippen LogP contribution is -2.23. The molecule has 0 fully saturated rings. The topological polar surface area (TPSA) is 58.2 Å². The van der Waals surface area contributed by atoms with Crippen molar-refractivity contribution in [2.24, 2.45) is 0 Å². The number of hydrogen-bond acceptors (Lipinski definition) is 2. The zero-order chi connectivity index (χ0) is 32.0. The molecule has 2 N–H and O–H groups in total. The molecule has 0 bridgehead atoms. The van der Waals surface area contributed by atoms with Crippen LogP contribution in [0.4, 0.5) is 0 Å². The van der Waals surface area contributed by atoms with Gasteiger partial charge in [0.2, 0.25) is 11.8 Å². The molecule has 0 spiro atoms. The van der Waals surface area contributed by atoms with Gasteiger partial charge in [-0.3, -0.25) is 9.59 Å². The van der Waals surface area contributed by atoms with E-state index in [0.717, 1.165) is 38.8 Å². The van der Waals surface area contributed by atoms with E-state index in [-0.39, 0.29) is 11.8 Å². The summed E-state index contributed by atoms with van der Waals surface area (Å²) in [4.78, 5) is 23.9. The van der Waals surface area contributed by atoms with E-state index >= 15 is 0 Å². The molecule has 2 amide bonds. The number of rotatable bonds is 32. The van der Waals surface area contributed by atoms with Crippen molar-refractivity contribution in [3.05, 3.63) is 0 Å². The molecule has 0 radical (unpaired) electrons. The van der Waals surface area contributed by atoms with Gasteiger partial charge in [0.15, 0.2) is 0 Å². The van der Waals surface area contributed by atoms with Crippen LogP contribution in [0.3, 0.4) is 0 Å². The molecule has 0 rings (SSSR count). The van der Waals surface area contributed by atoms with Gasteiger partial charge >= 0.3 is 0 Å². The molecule has 4 heteroatoms. The van der Waals surface area contributed by atoms with Gasteiger partial charge in [0.25, 0.3) is 0 Å².